The Bertz CT molecular complexity index is 2820. The predicted molar refractivity (Wildman–Crippen MR) is 221 cm³/mol. The van der Waals surface area contributed by atoms with Crippen molar-refractivity contribution in [2.45, 2.75) is 0 Å². The molecule has 0 saturated heterocycles. The topological polar surface area (TPSA) is 20.3 Å². The predicted octanol–water partition coefficient (Wildman–Crippen LogP) is 13.7. The summed E-state index contributed by atoms with van der Waals surface area (Å²) in [5.74, 6) is 0.0616. The Kier molecular flexibility index (Phi) is 7.33. The van der Waals surface area contributed by atoms with Crippen molar-refractivity contribution in [1.82, 2.24) is 0 Å². The summed E-state index contributed by atoms with van der Waals surface area (Å²) in [6, 6.07) is 70.4. The molecule has 0 unspecified atom stereocenters. The lowest BCUT2D eigenvalue weighted by molar-refractivity contribution is 0.104. The number of rotatable bonds is 6. The summed E-state index contributed by atoms with van der Waals surface area (Å²) in [6.45, 7) is 0. The number of anilines is 3. The molecule has 2 heteroatoms. The fourth-order valence-electron chi connectivity index (χ4n) is 8.06. The second kappa shape index (κ2) is 12.6. The van der Waals surface area contributed by atoms with Gasteiger partial charge in [-0.3, -0.25) is 4.79 Å². The molecule has 0 atom stereocenters. The van der Waals surface area contributed by atoms with Gasteiger partial charge >= 0.3 is 0 Å². The van der Waals surface area contributed by atoms with Crippen molar-refractivity contribution in [3.05, 3.63) is 211 Å². The molecule has 9 aromatic carbocycles. The summed E-state index contributed by atoms with van der Waals surface area (Å²) in [7, 11) is 0. The Morgan fingerprint density at radius 1 is 0.302 bits per heavy atom. The number of fused-ring (bicyclic) bond motifs is 5. The number of ketones is 1. The molecule has 0 saturated carbocycles. The van der Waals surface area contributed by atoms with Gasteiger partial charge in [-0.2, -0.15) is 0 Å². The highest BCUT2D eigenvalue weighted by Crippen LogP contribution is 2.46. The Labute approximate surface area is 308 Å². The van der Waals surface area contributed by atoms with E-state index in [1.807, 2.05) is 24.3 Å². The summed E-state index contributed by atoms with van der Waals surface area (Å²) in [4.78, 5) is 16.3. The molecule has 0 amide bonds. The second-order valence-electron chi connectivity index (χ2n) is 13.6. The Hall–Kier alpha value is -7.03. The first-order chi connectivity index (χ1) is 26.2. The first kappa shape index (κ1) is 30.8. The van der Waals surface area contributed by atoms with E-state index in [2.05, 4.69) is 181 Å². The first-order valence-corrected chi connectivity index (χ1v) is 18.1. The molecule has 0 bridgehead atoms. The van der Waals surface area contributed by atoms with E-state index in [0.717, 1.165) is 56.0 Å². The third-order valence-electron chi connectivity index (χ3n) is 10.6. The maximum Gasteiger partial charge on any atom is 0.196 e. The normalized spacial score (nSPS) is 11.8. The van der Waals surface area contributed by atoms with Crippen molar-refractivity contribution in [3.8, 4) is 44.5 Å². The van der Waals surface area contributed by atoms with E-state index in [-0.39, 0.29) is 5.78 Å². The zero-order valence-corrected chi connectivity index (χ0v) is 28.9. The molecular weight excluding hydrogens is 643 g/mol. The van der Waals surface area contributed by atoms with Crippen LogP contribution in [0.2, 0.25) is 0 Å². The lowest BCUT2D eigenvalue weighted by Crippen LogP contribution is -2.13. The largest absolute Gasteiger partial charge is 0.310 e. The molecule has 0 aromatic heterocycles. The molecule has 0 radical (unpaired) electrons. The molecule has 0 N–H and O–H groups in total. The Morgan fingerprint density at radius 3 is 1.28 bits per heavy atom. The van der Waals surface area contributed by atoms with Gasteiger partial charge < -0.3 is 4.90 Å². The van der Waals surface area contributed by atoms with E-state index in [4.69, 9.17) is 0 Å². The minimum Gasteiger partial charge on any atom is -0.310 e. The van der Waals surface area contributed by atoms with Crippen molar-refractivity contribution < 1.29 is 4.79 Å². The van der Waals surface area contributed by atoms with E-state index in [1.165, 1.54) is 38.2 Å². The standard InChI is InChI=1S/C51H33NO/c53-51-48-17-6-5-16-46(48)47-20-9-21-49(50(47)51)52(41-32-28-39(29-33-41)45-19-8-13-37-11-2-4-15-43(37)45)40-30-26-35(27-31-40)34-22-24-38(25-23-34)44-18-7-12-36-10-1-3-14-42(36)44/h1-33H. The van der Waals surface area contributed by atoms with Crippen LogP contribution in [0.3, 0.4) is 0 Å². The molecule has 10 rings (SSSR count). The molecule has 9 aromatic rings. The van der Waals surface area contributed by atoms with E-state index in [0.29, 0.717) is 0 Å². The quantitative estimate of drug-likeness (QED) is 0.175. The highest BCUT2D eigenvalue weighted by Gasteiger charge is 2.31. The van der Waals surface area contributed by atoms with Gasteiger partial charge in [-0.05, 0) is 96.4 Å². The third kappa shape index (κ3) is 5.23. The monoisotopic (exact) mass is 675 g/mol. The molecular formula is C51H33NO. The fraction of sp³-hybridized carbons (Fsp3) is 0. The number of carbonyl (C=O) groups is 1. The molecule has 1 aliphatic rings. The number of hydrogen-bond acceptors (Lipinski definition) is 2. The lowest BCUT2D eigenvalue weighted by Gasteiger charge is -2.28. The fourth-order valence-corrected chi connectivity index (χ4v) is 8.06. The zero-order valence-electron chi connectivity index (χ0n) is 28.9. The van der Waals surface area contributed by atoms with Crippen molar-refractivity contribution in [2.75, 3.05) is 4.90 Å². The van der Waals surface area contributed by atoms with Gasteiger partial charge in [0.1, 0.15) is 0 Å². The summed E-state index contributed by atoms with van der Waals surface area (Å²) < 4.78 is 0. The summed E-state index contributed by atoms with van der Waals surface area (Å²) in [6.07, 6.45) is 0. The summed E-state index contributed by atoms with van der Waals surface area (Å²) >= 11 is 0. The molecule has 2 nitrogen and oxygen atoms in total. The average molecular weight is 676 g/mol. The van der Waals surface area contributed by atoms with Gasteiger partial charge in [0.25, 0.3) is 0 Å². The Balaban J connectivity index is 1.05. The highest BCUT2D eigenvalue weighted by atomic mass is 16.1. The number of benzene rings is 9. The summed E-state index contributed by atoms with van der Waals surface area (Å²) in [5, 5.41) is 4.94. The zero-order chi connectivity index (χ0) is 35.3. The molecule has 0 fully saturated rings. The minimum absolute atomic E-state index is 0.0616. The van der Waals surface area contributed by atoms with Crippen LogP contribution in [-0.4, -0.2) is 5.78 Å². The van der Waals surface area contributed by atoms with Crippen LogP contribution in [0.25, 0.3) is 66.1 Å². The van der Waals surface area contributed by atoms with Crippen LogP contribution < -0.4 is 4.90 Å². The maximum atomic E-state index is 14.1. The Morgan fingerprint density at radius 2 is 0.698 bits per heavy atom. The molecule has 0 heterocycles. The van der Waals surface area contributed by atoms with Crippen LogP contribution in [0, 0.1) is 0 Å². The molecule has 0 spiro atoms. The van der Waals surface area contributed by atoms with Gasteiger partial charge in [-0.25, -0.2) is 0 Å². The third-order valence-corrected chi connectivity index (χ3v) is 10.6. The summed E-state index contributed by atoms with van der Waals surface area (Å²) in [5.41, 5.74) is 13.3. The van der Waals surface area contributed by atoms with E-state index < -0.39 is 0 Å². The number of nitrogens with zero attached hydrogens (tertiary/aromatic N) is 1. The maximum absolute atomic E-state index is 14.1. The van der Waals surface area contributed by atoms with Crippen molar-refractivity contribution in [2.24, 2.45) is 0 Å². The van der Waals surface area contributed by atoms with E-state index in [9.17, 15) is 4.79 Å². The first-order valence-electron chi connectivity index (χ1n) is 18.1. The van der Waals surface area contributed by atoms with Crippen molar-refractivity contribution in [3.63, 3.8) is 0 Å². The molecule has 248 valence electrons. The van der Waals surface area contributed by atoms with Gasteiger partial charge in [-0.1, -0.05) is 170 Å². The SMILES string of the molecule is O=C1c2ccccc2-c2cccc(N(c3ccc(-c4ccc(-c5cccc6ccccc56)cc4)cc3)c3ccc(-c4cccc5ccccc45)cc3)c21. The van der Waals surface area contributed by atoms with Gasteiger partial charge in [0, 0.05) is 16.9 Å². The minimum atomic E-state index is 0.0616. The van der Waals surface area contributed by atoms with Gasteiger partial charge in [0.2, 0.25) is 0 Å². The van der Waals surface area contributed by atoms with Crippen molar-refractivity contribution in [1.29, 1.82) is 0 Å². The van der Waals surface area contributed by atoms with Gasteiger partial charge in [0.05, 0.1) is 11.3 Å². The molecule has 53 heavy (non-hydrogen) atoms. The second-order valence-corrected chi connectivity index (χ2v) is 13.6. The molecule has 1 aliphatic carbocycles. The van der Waals surface area contributed by atoms with E-state index >= 15 is 0 Å². The van der Waals surface area contributed by atoms with Crippen LogP contribution in [0.15, 0.2) is 200 Å². The number of hydrogen-bond donors (Lipinski definition) is 0. The highest BCUT2D eigenvalue weighted by molar-refractivity contribution is 6.25. The number of carbonyl (C=O) groups excluding carboxylic acids is 1. The van der Waals surface area contributed by atoms with E-state index in [1.54, 1.807) is 0 Å². The van der Waals surface area contributed by atoms with Crippen molar-refractivity contribution >= 4 is 44.4 Å². The van der Waals surface area contributed by atoms with Crippen LogP contribution in [-0.2, 0) is 0 Å². The lowest BCUT2D eigenvalue weighted by atomic mass is 9.96. The average Bonchev–Trinajstić information content (AvgIpc) is 3.53. The van der Waals surface area contributed by atoms with Gasteiger partial charge in [-0.15, -0.1) is 0 Å². The van der Waals surface area contributed by atoms with Crippen LogP contribution in [0.5, 0.6) is 0 Å². The van der Waals surface area contributed by atoms with Gasteiger partial charge in [0.15, 0.2) is 5.78 Å². The van der Waals surface area contributed by atoms with Crippen LogP contribution in [0.1, 0.15) is 15.9 Å². The molecule has 0 aliphatic heterocycles. The van der Waals surface area contributed by atoms with Crippen LogP contribution in [0.4, 0.5) is 17.1 Å². The smallest absolute Gasteiger partial charge is 0.196 e. The van der Waals surface area contributed by atoms with Crippen LogP contribution >= 0.6 is 0 Å².